The largest absolute Gasteiger partial charge is 1.00 e. The van der Waals surface area contributed by atoms with E-state index in [-0.39, 0.29) is 53.3 Å². The molecule has 0 saturated heterocycles. The van der Waals surface area contributed by atoms with E-state index in [4.69, 9.17) is 0 Å². The molecule has 1 aliphatic rings. The van der Waals surface area contributed by atoms with Gasteiger partial charge >= 0.3 is 29.6 Å². The number of oxime groups is 1. The SMILES string of the molecule is CC(=O)/C=C(/C)N[C@@H]1CON=C1[O-].O.[Na+]. The fraction of sp³-hybridized carbons (Fsp3) is 0.500. The Morgan fingerprint density at radius 3 is 2.67 bits per heavy atom. The average Bonchev–Trinajstić information content (AvgIpc) is 2.34. The van der Waals surface area contributed by atoms with Crippen molar-refractivity contribution in [3.8, 4) is 0 Å². The minimum absolute atomic E-state index is 0. The van der Waals surface area contributed by atoms with Crippen LogP contribution in [0.1, 0.15) is 13.8 Å². The second-order valence-electron chi connectivity index (χ2n) is 2.86. The first kappa shape index (κ1) is 16.9. The number of rotatable bonds is 3. The second-order valence-corrected chi connectivity index (χ2v) is 2.86. The van der Waals surface area contributed by atoms with E-state index in [1.54, 1.807) is 6.92 Å². The van der Waals surface area contributed by atoms with Gasteiger partial charge in [0.05, 0.1) is 6.04 Å². The van der Waals surface area contributed by atoms with Gasteiger partial charge in [-0.1, -0.05) is 0 Å². The molecule has 80 valence electrons. The molecule has 3 N–H and O–H groups in total. The van der Waals surface area contributed by atoms with Crippen molar-refractivity contribution in [3.63, 3.8) is 0 Å². The Hall–Kier alpha value is -0.560. The van der Waals surface area contributed by atoms with Gasteiger partial charge in [0.2, 0.25) is 0 Å². The molecular formula is C8H13N2NaO4. The molecule has 15 heavy (non-hydrogen) atoms. The van der Waals surface area contributed by atoms with Crippen molar-refractivity contribution >= 4 is 11.7 Å². The maximum Gasteiger partial charge on any atom is 1.00 e. The Kier molecular flexibility index (Phi) is 8.65. The summed E-state index contributed by atoms with van der Waals surface area (Å²) in [4.78, 5) is 15.2. The topological polar surface area (TPSA) is 105 Å². The third kappa shape index (κ3) is 5.78. The minimum Gasteiger partial charge on any atom is -0.858 e. The van der Waals surface area contributed by atoms with E-state index in [2.05, 4.69) is 15.3 Å². The van der Waals surface area contributed by atoms with Gasteiger partial charge in [-0.25, -0.2) is 0 Å². The molecule has 1 aliphatic heterocycles. The zero-order valence-electron chi connectivity index (χ0n) is 9.03. The number of nitrogens with one attached hydrogen (secondary N) is 1. The normalized spacial score (nSPS) is 19.2. The Balaban J connectivity index is 0. The number of nitrogens with zero attached hydrogens (tertiary/aromatic N) is 1. The third-order valence-corrected chi connectivity index (χ3v) is 1.52. The van der Waals surface area contributed by atoms with E-state index < -0.39 is 6.04 Å². The van der Waals surface area contributed by atoms with Gasteiger partial charge < -0.3 is 20.7 Å². The van der Waals surface area contributed by atoms with Crippen molar-refractivity contribution in [1.29, 1.82) is 0 Å². The zero-order chi connectivity index (χ0) is 9.84. The van der Waals surface area contributed by atoms with E-state index in [0.717, 1.165) is 0 Å². The van der Waals surface area contributed by atoms with Gasteiger partial charge in [-0.05, 0) is 19.9 Å². The van der Waals surface area contributed by atoms with Crippen LogP contribution in [0.4, 0.5) is 0 Å². The molecule has 1 rings (SSSR count). The molecule has 0 radical (unpaired) electrons. The predicted molar refractivity (Wildman–Crippen MR) is 48.4 cm³/mol. The van der Waals surface area contributed by atoms with E-state index in [9.17, 15) is 9.90 Å². The first-order chi connectivity index (χ1) is 6.09. The van der Waals surface area contributed by atoms with Crippen molar-refractivity contribution in [3.05, 3.63) is 11.8 Å². The van der Waals surface area contributed by atoms with Gasteiger partial charge in [-0.2, -0.15) is 0 Å². The van der Waals surface area contributed by atoms with Gasteiger partial charge in [-0.15, -0.1) is 5.16 Å². The maximum atomic E-state index is 10.9. The summed E-state index contributed by atoms with van der Waals surface area (Å²) in [6.45, 7) is 3.39. The molecule has 0 spiro atoms. The van der Waals surface area contributed by atoms with Crippen LogP contribution < -0.4 is 40.0 Å². The molecule has 6 nitrogen and oxygen atoms in total. The summed E-state index contributed by atoms with van der Waals surface area (Å²) in [5, 5.41) is 17.0. The summed E-state index contributed by atoms with van der Waals surface area (Å²) in [7, 11) is 0. The zero-order valence-corrected chi connectivity index (χ0v) is 11.0. The van der Waals surface area contributed by atoms with E-state index in [1.165, 1.54) is 13.0 Å². The Labute approximate surface area is 110 Å². The predicted octanol–water partition coefficient (Wildman–Crippen LogP) is -4.68. The number of carbonyl (C=O) groups is 1. The fourth-order valence-corrected chi connectivity index (χ4v) is 1.04. The van der Waals surface area contributed by atoms with Crippen LogP contribution in [0.25, 0.3) is 0 Å². The number of hydrogen-bond acceptors (Lipinski definition) is 5. The summed E-state index contributed by atoms with van der Waals surface area (Å²) in [6.07, 6.45) is 1.42. The molecule has 0 aliphatic carbocycles. The molecule has 1 heterocycles. The molecule has 0 aromatic rings. The summed E-state index contributed by atoms with van der Waals surface area (Å²) in [5.74, 6) is -0.399. The molecule has 1 atom stereocenters. The van der Waals surface area contributed by atoms with Gasteiger partial charge in [0, 0.05) is 11.6 Å². The van der Waals surface area contributed by atoms with Crippen LogP contribution in [0, 0.1) is 0 Å². The molecule has 0 fully saturated rings. The van der Waals surface area contributed by atoms with E-state index >= 15 is 0 Å². The first-order valence-corrected chi connectivity index (χ1v) is 3.92. The van der Waals surface area contributed by atoms with Crippen molar-refractivity contribution in [2.24, 2.45) is 5.16 Å². The molecule has 7 heteroatoms. The molecule has 0 aromatic heterocycles. The van der Waals surface area contributed by atoms with Crippen molar-refractivity contribution in [2.75, 3.05) is 6.61 Å². The number of allylic oxidation sites excluding steroid dienone is 2. The summed E-state index contributed by atoms with van der Waals surface area (Å²) < 4.78 is 0. The molecular weight excluding hydrogens is 211 g/mol. The fourth-order valence-electron chi connectivity index (χ4n) is 1.04. The van der Waals surface area contributed by atoms with E-state index in [0.29, 0.717) is 5.70 Å². The number of carbonyl (C=O) groups excluding carboxylic acids is 1. The molecule has 0 unspecified atom stereocenters. The van der Waals surface area contributed by atoms with Crippen molar-refractivity contribution < 1.29 is 49.8 Å². The Bertz CT molecular complexity index is 278. The van der Waals surface area contributed by atoms with E-state index in [1.807, 2.05) is 0 Å². The second kappa shape index (κ2) is 7.70. The van der Waals surface area contributed by atoms with Gasteiger partial charge in [0.25, 0.3) is 0 Å². The van der Waals surface area contributed by atoms with Crippen LogP contribution in [0.15, 0.2) is 16.9 Å². The maximum absolute atomic E-state index is 10.9. The standard InChI is InChI=1S/C8H12N2O3.Na.H2O/c1-5(3-6(2)11)9-7-4-13-10-8(7)12;;/h3,7,9H,4H2,1-2H3,(H,10,12);;1H2/q;+1;/p-1/b5-3-;;/t7-;;/m1../s1. The van der Waals surface area contributed by atoms with Crippen molar-refractivity contribution in [2.45, 2.75) is 19.9 Å². The molecule has 0 bridgehead atoms. The first-order valence-electron chi connectivity index (χ1n) is 3.92. The minimum atomic E-state index is -0.449. The van der Waals surface area contributed by atoms with Gasteiger partial charge in [0.15, 0.2) is 5.78 Å². The summed E-state index contributed by atoms with van der Waals surface area (Å²) in [6, 6.07) is -0.449. The van der Waals surface area contributed by atoms with Crippen LogP contribution in [-0.4, -0.2) is 29.8 Å². The summed E-state index contributed by atoms with van der Waals surface area (Å²) >= 11 is 0. The number of ketones is 1. The monoisotopic (exact) mass is 224 g/mol. The molecule has 0 amide bonds. The molecule has 0 saturated carbocycles. The summed E-state index contributed by atoms with van der Waals surface area (Å²) in [5.41, 5.74) is 0.645. The van der Waals surface area contributed by atoms with Crippen LogP contribution in [0.2, 0.25) is 0 Å². The number of hydrogen-bond donors (Lipinski definition) is 1. The third-order valence-electron chi connectivity index (χ3n) is 1.52. The van der Waals surface area contributed by atoms with Crippen molar-refractivity contribution in [1.82, 2.24) is 5.32 Å². The van der Waals surface area contributed by atoms with Crippen LogP contribution in [-0.2, 0) is 9.63 Å². The van der Waals surface area contributed by atoms with Crippen LogP contribution in [0.5, 0.6) is 0 Å². The Morgan fingerprint density at radius 2 is 2.27 bits per heavy atom. The molecule has 0 aromatic carbocycles. The average molecular weight is 224 g/mol. The Morgan fingerprint density at radius 1 is 1.67 bits per heavy atom. The smallest absolute Gasteiger partial charge is 0.858 e. The van der Waals surface area contributed by atoms with Crippen LogP contribution >= 0.6 is 0 Å². The van der Waals surface area contributed by atoms with Crippen LogP contribution in [0.3, 0.4) is 0 Å². The quantitative estimate of drug-likeness (QED) is 0.384. The van der Waals surface area contributed by atoms with Gasteiger partial charge in [-0.3, -0.25) is 4.79 Å². The van der Waals surface area contributed by atoms with Gasteiger partial charge in [0.1, 0.15) is 6.61 Å².